The van der Waals surface area contributed by atoms with E-state index in [0.717, 1.165) is 34.1 Å². The lowest BCUT2D eigenvalue weighted by Gasteiger charge is -2.19. The second-order valence-electron chi connectivity index (χ2n) is 4.36. The summed E-state index contributed by atoms with van der Waals surface area (Å²) in [5.41, 5.74) is 0.398. The van der Waals surface area contributed by atoms with Crippen LogP contribution in [0.3, 0.4) is 0 Å². The highest BCUT2D eigenvalue weighted by Gasteiger charge is 2.29. The van der Waals surface area contributed by atoms with E-state index in [1.807, 2.05) is 0 Å². The van der Waals surface area contributed by atoms with Crippen molar-refractivity contribution in [1.82, 2.24) is 0 Å². The summed E-state index contributed by atoms with van der Waals surface area (Å²) in [6, 6.07) is 4.20. The molecule has 4 amide bonds. The van der Waals surface area contributed by atoms with Crippen LogP contribution in [0.2, 0.25) is 5.02 Å². The zero-order valence-electron chi connectivity index (χ0n) is 10.4. The molecule has 0 saturated heterocycles. The molecule has 3 rings (SSSR count). The maximum absolute atomic E-state index is 11.7. The number of anilines is 2. The summed E-state index contributed by atoms with van der Waals surface area (Å²) < 4.78 is 0. The second-order valence-corrected chi connectivity index (χ2v) is 4.79. The van der Waals surface area contributed by atoms with Crippen LogP contribution in [0.15, 0.2) is 42.5 Å². The summed E-state index contributed by atoms with van der Waals surface area (Å²) >= 11 is 5.96. The van der Waals surface area contributed by atoms with Gasteiger partial charge in [0.15, 0.2) is 0 Å². The molecule has 0 radical (unpaired) electrons. The Hall–Kier alpha value is -2.73. The van der Waals surface area contributed by atoms with Crippen molar-refractivity contribution < 1.29 is 19.2 Å². The molecule has 0 atom stereocenters. The van der Waals surface area contributed by atoms with Crippen molar-refractivity contribution in [3.8, 4) is 0 Å². The molecule has 0 aromatic heterocycles. The first kappa shape index (κ1) is 13.3. The minimum absolute atomic E-state index is 0.197. The fraction of sp³-hybridized carbons (Fsp3) is 0. The Labute approximate surface area is 123 Å². The quantitative estimate of drug-likeness (QED) is 0.769. The molecule has 7 heteroatoms. The Morgan fingerprint density at radius 2 is 0.952 bits per heavy atom. The maximum Gasteiger partial charge on any atom is 0.258 e. The number of halogens is 1. The molecule has 1 aromatic carbocycles. The van der Waals surface area contributed by atoms with Crippen molar-refractivity contribution in [3.63, 3.8) is 0 Å². The summed E-state index contributed by atoms with van der Waals surface area (Å²) in [5.74, 6) is -2.04. The third kappa shape index (κ3) is 2.15. The molecule has 0 aliphatic carbocycles. The Morgan fingerprint density at radius 1 is 0.619 bits per heavy atom. The molecule has 104 valence electrons. The van der Waals surface area contributed by atoms with Gasteiger partial charge < -0.3 is 0 Å². The molecule has 0 saturated carbocycles. The van der Waals surface area contributed by atoms with Gasteiger partial charge in [0.1, 0.15) is 0 Å². The summed E-state index contributed by atoms with van der Waals surface area (Å²) in [4.78, 5) is 48.5. The number of benzene rings is 1. The summed E-state index contributed by atoms with van der Waals surface area (Å²) in [6.07, 6.45) is 4.54. The summed E-state index contributed by atoms with van der Waals surface area (Å²) in [6.45, 7) is 0. The van der Waals surface area contributed by atoms with Gasteiger partial charge in [-0.1, -0.05) is 11.6 Å². The van der Waals surface area contributed by atoms with Gasteiger partial charge in [-0.2, -0.15) is 0 Å². The molecule has 6 nitrogen and oxygen atoms in total. The molecule has 2 aliphatic heterocycles. The van der Waals surface area contributed by atoms with Gasteiger partial charge >= 0.3 is 0 Å². The number of carbonyl (C=O) groups excluding carboxylic acids is 4. The molecule has 0 N–H and O–H groups in total. The highest BCUT2D eigenvalue weighted by Crippen LogP contribution is 2.30. The topological polar surface area (TPSA) is 74.8 Å². The van der Waals surface area contributed by atoms with Crippen molar-refractivity contribution >= 4 is 46.6 Å². The van der Waals surface area contributed by atoms with E-state index in [2.05, 4.69) is 0 Å². The molecular weight excluding hydrogens is 296 g/mol. The Morgan fingerprint density at radius 3 is 1.29 bits per heavy atom. The van der Waals surface area contributed by atoms with Crippen molar-refractivity contribution in [1.29, 1.82) is 0 Å². The fourth-order valence-corrected chi connectivity index (χ4v) is 2.35. The van der Waals surface area contributed by atoms with Crippen LogP contribution in [0.1, 0.15) is 0 Å². The average Bonchev–Trinajstić information content (AvgIpc) is 2.92. The van der Waals surface area contributed by atoms with Gasteiger partial charge in [0.2, 0.25) is 0 Å². The van der Waals surface area contributed by atoms with Gasteiger partial charge in [-0.15, -0.1) is 0 Å². The number of amides is 4. The SMILES string of the molecule is O=C1C=CC(=O)N1c1cc(Cl)cc(N2C(=O)C=CC2=O)c1. The van der Waals surface area contributed by atoms with Crippen LogP contribution >= 0.6 is 11.6 Å². The summed E-state index contributed by atoms with van der Waals surface area (Å²) in [7, 11) is 0. The van der Waals surface area contributed by atoms with E-state index in [4.69, 9.17) is 11.6 Å². The van der Waals surface area contributed by atoms with Gasteiger partial charge in [-0.05, 0) is 18.2 Å². The average molecular weight is 303 g/mol. The smallest absolute Gasteiger partial charge is 0.258 e. The zero-order chi connectivity index (χ0) is 15.1. The number of rotatable bonds is 2. The lowest BCUT2D eigenvalue weighted by Crippen LogP contribution is -2.32. The van der Waals surface area contributed by atoms with Crippen LogP contribution in [0.5, 0.6) is 0 Å². The number of carbonyl (C=O) groups is 4. The standard InChI is InChI=1S/C14H7ClN2O4/c15-8-5-9(16-11(18)1-2-12(16)19)7-10(6-8)17-13(20)3-4-14(17)21/h1-7H. The summed E-state index contributed by atoms with van der Waals surface area (Å²) in [5, 5.41) is 0.197. The van der Waals surface area contributed by atoms with E-state index in [9.17, 15) is 19.2 Å². The zero-order valence-corrected chi connectivity index (χ0v) is 11.2. The van der Waals surface area contributed by atoms with Crippen LogP contribution < -0.4 is 9.80 Å². The van der Waals surface area contributed by atoms with Gasteiger partial charge in [0.05, 0.1) is 11.4 Å². The number of imide groups is 2. The monoisotopic (exact) mass is 302 g/mol. The van der Waals surface area contributed by atoms with E-state index in [0.29, 0.717) is 0 Å². The normalized spacial score (nSPS) is 17.6. The molecule has 2 aliphatic rings. The number of nitrogens with zero attached hydrogens (tertiary/aromatic N) is 2. The van der Waals surface area contributed by atoms with E-state index in [1.165, 1.54) is 18.2 Å². The Bertz CT molecular complexity index is 670. The molecule has 0 unspecified atom stereocenters. The van der Waals surface area contributed by atoms with Crippen LogP contribution in [0, 0.1) is 0 Å². The predicted octanol–water partition coefficient (Wildman–Crippen LogP) is 1.20. The van der Waals surface area contributed by atoms with Crippen molar-refractivity contribution in [2.45, 2.75) is 0 Å². The lowest BCUT2D eigenvalue weighted by molar-refractivity contribution is -0.121. The van der Waals surface area contributed by atoms with Crippen molar-refractivity contribution in [2.75, 3.05) is 9.80 Å². The predicted molar refractivity (Wildman–Crippen MR) is 74.7 cm³/mol. The molecule has 0 fully saturated rings. The van der Waals surface area contributed by atoms with Gasteiger partial charge in [-0.3, -0.25) is 19.2 Å². The van der Waals surface area contributed by atoms with Crippen molar-refractivity contribution in [3.05, 3.63) is 47.5 Å². The van der Waals surface area contributed by atoms with Crippen molar-refractivity contribution in [2.24, 2.45) is 0 Å². The molecule has 0 bridgehead atoms. The van der Waals surface area contributed by atoms with Crippen LogP contribution in [-0.2, 0) is 19.2 Å². The first-order valence-corrected chi connectivity index (χ1v) is 6.28. The highest BCUT2D eigenvalue weighted by molar-refractivity contribution is 6.34. The molecular formula is C14H7ClN2O4. The minimum Gasteiger partial charge on any atom is -0.269 e. The van der Waals surface area contributed by atoms with E-state index < -0.39 is 23.6 Å². The molecule has 21 heavy (non-hydrogen) atoms. The van der Waals surface area contributed by atoms with Crippen LogP contribution in [0.25, 0.3) is 0 Å². The molecule has 2 heterocycles. The van der Waals surface area contributed by atoms with Crippen LogP contribution in [0.4, 0.5) is 11.4 Å². The molecule has 0 spiro atoms. The lowest BCUT2D eigenvalue weighted by atomic mass is 10.2. The minimum atomic E-state index is -0.509. The van der Waals surface area contributed by atoms with Gasteiger partial charge in [0.25, 0.3) is 23.6 Å². The first-order chi connectivity index (χ1) is 9.97. The van der Waals surface area contributed by atoms with E-state index in [-0.39, 0.29) is 16.4 Å². The van der Waals surface area contributed by atoms with Gasteiger partial charge in [-0.25, -0.2) is 9.80 Å². The fourth-order valence-electron chi connectivity index (χ4n) is 2.13. The number of hydrogen-bond donors (Lipinski definition) is 0. The maximum atomic E-state index is 11.7. The second kappa shape index (κ2) is 4.68. The van der Waals surface area contributed by atoms with E-state index in [1.54, 1.807) is 0 Å². The third-order valence-electron chi connectivity index (χ3n) is 3.00. The van der Waals surface area contributed by atoms with Gasteiger partial charge in [0, 0.05) is 29.3 Å². The third-order valence-corrected chi connectivity index (χ3v) is 3.22. The Kier molecular flexibility index (Phi) is 2.95. The Balaban J connectivity index is 2.05. The largest absolute Gasteiger partial charge is 0.269 e. The first-order valence-electron chi connectivity index (χ1n) is 5.90. The van der Waals surface area contributed by atoms with E-state index >= 15 is 0 Å². The van der Waals surface area contributed by atoms with Crippen LogP contribution in [-0.4, -0.2) is 23.6 Å². The number of hydrogen-bond acceptors (Lipinski definition) is 4. The molecule has 1 aromatic rings. The highest BCUT2D eigenvalue weighted by atomic mass is 35.5.